The molecule has 1 unspecified atom stereocenters. The van der Waals surface area contributed by atoms with Crippen LogP contribution in [0.25, 0.3) is 0 Å². The Hall–Kier alpha value is -1.36. The minimum absolute atomic E-state index is 0.104. The van der Waals surface area contributed by atoms with Crippen molar-refractivity contribution in [2.24, 2.45) is 0 Å². The maximum atomic E-state index is 12.2. The summed E-state index contributed by atoms with van der Waals surface area (Å²) >= 11 is 0. The van der Waals surface area contributed by atoms with Crippen LogP contribution in [-0.2, 0) is 9.59 Å². The second-order valence-electron chi connectivity index (χ2n) is 4.72. The first-order valence-corrected chi connectivity index (χ1v) is 6.31. The molecule has 1 fully saturated rings. The first kappa shape index (κ1) is 14.7. The molecule has 5 nitrogen and oxygen atoms in total. The van der Waals surface area contributed by atoms with Gasteiger partial charge in [0.15, 0.2) is 0 Å². The molecule has 0 spiro atoms. The van der Waals surface area contributed by atoms with Gasteiger partial charge in [0.2, 0.25) is 5.91 Å². The van der Waals surface area contributed by atoms with Gasteiger partial charge in [-0.2, -0.15) is 0 Å². The van der Waals surface area contributed by atoms with Crippen LogP contribution in [0.1, 0.15) is 39.5 Å². The van der Waals surface area contributed by atoms with Crippen molar-refractivity contribution in [2.75, 3.05) is 13.2 Å². The van der Waals surface area contributed by atoms with E-state index >= 15 is 0 Å². The van der Waals surface area contributed by atoms with Crippen LogP contribution >= 0.6 is 0 Å². The van der Waals surface area contributed by atoms with Gasteiger partial charge in [0.05, 0.1) is 0 Å². The molecule has 1 atom stereocenters. The second-order valence-corrected chi connectivity index (χ2v) is 4.72. The van der Waals surface area contributed by atoms with Crippen molar-refractivity contribution < 1.29 is 19.8 Å². The molecule has 2 N–H and O–H groups in total. The lowest BCUT2D eigenvalue weighted by atomic mass is 10.1. The first-order chi connectivity index (χ1) is 8.49. The lowest BCUT2D eigenvalue weighted by molar-refractivity contribution is -0.134. The fraction of sp³-hybridized carbons (Fsp3) is 0.692. The third-order valence-corrected chi connectivity index (χ3v) is 3.54. The highest BCUT2D eigenvalue weighted by atomic mass is 16.4. The standard InChI is InChI=1S/C13H21NO4/c1-9(10(2)13(17)18)12(16)14-7-3-5-11(14)6-4-8-15/h11,15H,3-8H2,1-2H3,(H,17,18). The van der Waals surface area contributed by atoms with Gasteiger partial charge < -0.3 is 15.1 Å². The predicted octanol–water partition coefficient (Wildman–Crippen LogP) is 1.17. The summed E-state index contributed by atoms with van der Waals surface area (Å²) in [5.41, 5.74) is 0.409. The van der Waals surface area contributed by atoms with E-state index in [1.54, 1.807) is 11.8 Å². The van der Waals surface area contributed by atoms with Crippen molar-refractivity contribution in [3.8, 4) is 0 Å². The minimum atomic E-state index is -1.05. The van der Waals surface area contributed by atoms with Crippen molar-refractivity contribution in [3.05, 3.63) is 11.1 Å². The summed E-state index contributed by atoms with van der Waals surface area (Å²) in [7, 11) is 0. The molecule has 1 amide bonds. The number of carboxylic acid groups (broad SMARTS) is 1. The highest BCUT2D eigenvalue weighted by Crippen LogP contribution is 2.23. The molecule has 1 saturated heterocycles. The molecule has 0 aliphatic carbocycles. The Morgan fingerprint density at radius 3 is 2.50 bits per heavy atom. The van der Waals surface area contributed by atoms with E-state index in [1.807, 2.05) is 0 Å². The van der Waals surface area contributed by atoms with Crippen LogP contribution in [0.5, 0.6) is 0 Å². The molecule has 0 aromatic heterocycles. The Morgan fingerprint density at radius 1 is 1.28 bits per heavy atom. The number of nitrogens with zero attached hydrogens (tertiary/aromatic N) is 1. The fourth-order valence-corrected chi connectivity index (χ4v) is 2.27. The van der Waals surface area contributed by atoms with E-state index in [0.29, 0.717) is 18.5 Å². The highest BCUT2D eigenvalue weighted by molar-refractivity contribution is 6.01. The summed E-state index contributed by atoms with van der Waals surface area (Å²) < 4.78 is 0. The summed E-state index contributed by atoms with van der Waals surface area (Å²) in [5, 5.41) is 17.7. The maximum absolute atomic E-state index is 12.2. The van der Waals surface area contributed by atoms with Crippen LogP contribution in [-0.4, -0.2) is 46.2 Å². The SMILES string of the molecule is CC(C(=O)O)=C(C)C(=O)N1CCCC1CCCO. The highest BCUT2D eigenvalue weighted by Gasteiger charge is 2.29. The van der Waals surface area contributed by atoms with Crippen LogP contribution in [0.2, 0.25) is 0 Å². The normalized spacial score (nSPS) is 20.8. The van der Waals surface area contributed by atoms with Gasteiger partial charge in [-0.15, -0.1) is 0 Å². The van der Waals surface area contributed by atoms with E-state index in [-0.39, 0.29) is 24.1 Å². The molecule has 102 valence electrons. The molecule has 0 radical (unpaired) electrons. The minimum Gasteiger partial charge on any atom is -0.478 e. The van der Waals surface area contributed by atoms with Gasteiger partial charge in [0.25, 0.3) is 0 Å². The Labute approximate surface area is 107 Å². The number of carbonyl (C=O) groups excluding carboxylic acids is 1. The van der Waals surface area contributed by atoms with E-state index in [2.05, 4.69) is 0 Å². The predicted molar refractivity (Wildman–Crippen MR) is 67.1 cm³/mol. The van der Waals surface area contributed by atoms with Crippen LogP contribution in [0.15, 0.2) is 11.1 Å². The first-order valence-electron chi connectivity index (χ1n) is 6.31. The van der Waals surface area contributed by atoms with E-state index in [1.165, 1.54) is 6.92 Å². The number of aliphatic hydroxyl groups excluding tert-OH is 1. The lowest BCUT2D eigenvalue weighted by Gasteiger charge is -2.25. The third kappa shape index (κ3) is 3.32. The number of likely N-dealkylation sites (tertiary alicyclic amines) is 1. The Morgan fingerprint density at radius 2 is 1.94 bits per heavy atom. The van der Waals surface area contributed by atoms with E-state index in [9.17, 15) is 9.59 Å². The van der Waals surface area contributed by atoms with Gasteiger partial charge in [-0.3, -0.25) is 4.79 Å². The van der Waals surface area contributed by atoms with Crippen molar-refractivity contribution in [2.45, 2.75) is 45.6 Å². The molecule has 1 aliphatic heterocycles. The molecule has 1 rings (SSSR count). The average molecular weight is 255 g/mol. The monoisotopic (exact) mass is 255 g/mol. The quantitative estimate of drug-likeness (QED) is 0.723. The topological polar surface area (TPSA) is 77.8 Å². The molecule has 0 saturated carbocycles. The number of aliphatic hydroxyl groups is 1. The molecule has 5 heteroatoms. The number of hydrogen-bond donors (Lipinski definition) is 2. The van der Waals surface area contributed by atoms with Gasteiger partial charge in [0.1, 0.15) is 0 Å². The Balaban J connectivity index is 2.77. The number of hydrogen-bond acceptors (Lipinski definition) is 3. The molecule has 0 bridgehead atoms. The van der Waals surface area contributed by atoms with Crippen LogP contribution in [0.3, 0.4) is 0 Å². The molecular weight excluding hydrogens is 234 g/mol. The molecule has 1 heterocycles. The van der Waals surface area contributed by atoms with Crippen molar-refractivity contribution >= 4 is 11.9 Å². The number of amides is 1. The number of carboxylic acids is 1. The van der Waals surface area contributed by atoms with Gasteiger partial charge >= 0.3 is 5.97 Å². The number of rotatable bonds is 5. The van der Waals surface area contributed by atoms with E-state index in [4.69, 9.17) is 10.2 Å². The maximum Gasteiger partial charge on any atom is 0.331 e. The summed E-state index contributed by atoms with van der Waals surface area (Å²) in [6.07, 6.45) is 3.34. The summed E-state index contributed by atoms with van der Waals surface area (Å²) in [5.74, 6) is -1.23. The van der Waals surface area contributed by atoms with Crippen LogP contribution in [0, 0.1) is 0 Å². The average Bonchev–Trinajstić information content (AvgIpc) is 2.81. The Bertz CT molecular complexity index is 362. The molecule has 18 heavy (non-hydrogen) atoms. The molecular formula is C13H21NO4. The number of carbonyl (C=O) groups is 2. The van der Waals surface area contributed by atoms with Crippen molar-refractivity contribution in [1.29, 1.82) is 0 Å². The summed E-state index contributed by atoms with van der Waals surface area (Å²) in [6.45, 7) is 3.82. The van der Waals surface area contributed by atoms with Gasteiger partial charge in [-0.05, 0) is 39.5 Å². The summed E-state index contributed by atoms with van der Waals surface area (Å²) in [4.78, 5) is 24.8. The van der Waals surface area contributed by atoms with Gasteiger partial charge in [0, 0.05) is 30.3 Å². The summed E-state index contributed by atoms with van der Waals surface area (Å²) in [6, 6.07) is 0.140. The Kier molecular flexibility index (Phi) is 5.34. The van der Waals surface area contributed by atoms with Crippen LogP contribution < -0.4 is 0 Å². The van der Waals surface area contributed by atoms with E-state index < -0.39 is 5.97 Å². The van der Waals surface area contributed by atoms with Gasteiger partial charge in [-0.1, -0.05) is 0 Å². The van der Waals surface area contributed by atoms with Gasteiger partial charge in [-0.25, -0.2) is 4.79 Å². The molecule has 0 aromatic carbocycles. The zero-order valence-electron chi connectivity index (χ0n) is 11.0. The third-order valence-electron chi connectivity index (χ3n) is 3.54. The van der Waals surface area contributed by atoms with E-state index in [0.717, 1.165) is 19.3 Å². The van der Waals surface area contributed by atoms with Crippen LogP contribution in [0.4, 0.5) is 0 Å². The second kappa shape index (κ2) is 6.54. The molecule has 1 aliphatic rings. The largest absolute Gasteiger partial charge is 0.478 e. The van der Waals surface area contributed by atoms with Crippen molar-refractivity contribution in [3.63, 3.8) is 0 Å². The zero-order chi connectivity index (χ0) is 13.7. The lowest BCUT2D eigenvalue weighted by Crippen LogP contribution is -2.36. The zero-order valence-corrected chi connectivity index (χ0v) is 11.0. The number of aliphatic carboxylic acids is 1. The fourth-order valence-electron chi connectivity index (χ4n) is 2.27. The smallest absolute Gasteiger partial charge is 0.331 e. The van der Waals surface area contributed by atoms with Crippen molar-refractivity contribution in [1.82, 2.24) is 4.90 Å². The molecule has 0 aromatic rings.